The SMILES string of the molecule is CC[C@H](Br)c1cccc(C)n1. The van der Waals surface area contributed by atoms with Crippen molar-refractivity contribution in [2.24, 2.45) is 0 Å². The Hall–Kier alpha value is -0.370. The molecule has 2 heteroatoms. The molecule has 1 heterocycles. The molecule has 60 valence electrons. The summed E-state index contributed by atoms with van der Waals surface area (Å²) < 4.78 is 0. The molecular formula is C9H12BrN. The van der Waals surface area contributed by atoms with Crippen LogP contribution >= 0.6 is 15.9 Å². The van der Waals surface area contributed by atoms with Crippen LogP contribution in [0.2, 0.25) is 0 Å². The minimum Gasteiger partial charge on any atom is -0.257 e. The molecule has 0 aromatic carbocycles. The van der Waals surface area contributed by atoms with Gasteiger partial charge in [0.05, 0.1) is 10.5 Å². The van der Waals surface area contributed by atoms with E-state index in [2.05, 4.69) is 33.9 Å². The molecule has 11 heavy (non-hydrogen) atoms. The van der Waals surface area contributed by atoms with Crippen LogP contribution in [-0.4, -0.2) is 4.98 Å². The average molecular weight is 214 g/mol. The molecule has 0 spiro atoms. The summed E-state index contributed by atoms with van der Waals surface area (Å²) in [7, 11) is 0. The number of aromatic nitrogens is 1. The minimum atomic E-state index is 0.405. The van der Waals surface area contributed by atoms with E-state index < -0.39 is 0 Å². The Morgan fingerprint density at radius 3 is 2.82 bits per heavy atom. The van der Waals surface area contributed by atoms with E-state index in [-0.39, 0.29) is 0 Å². The summed E-state index contributed by atoms with van der Waals surface area (Å²) in [6.07, 6.45) is 1.08. The van der Waals surface area contributed by atoms with E-state index >= 15 is 0 Å². The van der Waals surface area contributed by atoms with Crippen LogP contribution in [0.5, 0.6) is 0 Å². The molecule has 0 saturated heterocycles. The predicted octanol–water partition coefficient (Wildman–Crippen LogP) is 3.24. The van der Waals surface area contributed by atoms with E-state index in [1.807, 2.05) is 19.1 Å². The molecule has 0 bridgehead atoms. The molecule has 1 atom stereocenters. The van der Waals surface area contributed by atoms with Crippen LogP contribution in [0, 0.1) is 6.92 Å². The Bertz CT molecular complexity index is 235. The quantitative estimate of drug-likeness (QED) is 0.688. The average Bonchev–Trinajstić information content (AvgIpc) is 2.03. The lowest BCUT2D eigenvalue weighted by molar-refractivity contribution is 0.865. The van der Waals surface area contributed by atoms with Crippen LogP contribution in [0.25, 0.3) is 0 Å². The number of pyridine rings is 1. The van der Waals surface area contributed by atoms with Gasteiger partial charge in [-0.15, -0.1) is 0 Å². The van der Waals surface area contributed by atoms with Gasteiger partial charge >= 0.3 is 0 Å². The third-order valence-corrected chi connectivity index (χ3v) is 2.71. The first-order valence-electron chi connectivity index (χ1n) is 3.81. The van der Waals surface area contributed by atoms with Crippen LogP contribution < -0.4 is 0 Å². The number of alkyl halides is 1. The normalized spacial score (nSPS) is 13.0. The Balaban J connectivity index is 2.86. The Morgan fingerprint density at radius 2 is 2.27 bits per heavy atom. The van der Waals surface area contributed by atoms with Gasteiger partial charge in [0.1, 0.15) is 0 Å². The van der Waals surface area contributed by atoms with Gasteiger partial charge < -0.3 is 0 Å². The highest BCUT2D eigenvalue weighted by Gasteiger charge is 2.04. The monoisotopic (exact) mass is 213 g/mol. The topological polar surface area (TPSA) is 12.9 Å². The maximum absolute atomic E-state index is 4.40. The van der Waals surface area contributed by atoms with Crippen molar-refractivity contribution in [3.8, 4) is 0 Å². The van der Waals surface area contributed by atoms with Gasteiger partial charge in [-0.2, -0.15) is 0 Å². The molecule has 1 rings (SSSR count). The van der Waals surface area contributed by atoms with Crippen molar-refractivity contribution in [2.75, 3.05) is 0 Å². The molecule has 1 nitrogen and oxygen atoms in total. The molecule has 0 aliphatic heterocycles. The highest BCUT2D eigenvalue weighted by molar-refractivity contribution is 9.09. The van der Waals surface area contributed by atoms with Crippen molar-refractivity contribution in [1.82, 2.24) is 4.98 Å². The van der Waals surface area contributed by atoms with Gasteiger partial charge in [-0.3, -0.25) is 4.98 Å². The van der Waals surface area contributed by atoms with Crippen molar-refractivity contribution < 1.29 is 0 Å². The maximum Gasteiger partial charge on any atom is 0.0565 e. The van der Waals surface area contributed by atoms with Crippen LogP contribution in [0.3, 0.4) is 0 Å². The van der Waals surface area contributed by atoms with Gasteiger partial charge in [0.15, 0.2) is 0 Å². The molecular weight excluding hydrogens is 202 g/mol. The van der Waals surface area contributed by atoms with Crippen molar-refractivity contribution in [3.05, 3.63) is 29.6 Å². The summed E-state index contributed by atoms with van der Waals surface area (Å²) in [5.74, 6) is 0. The molecule has 0 radical (unpaired) electrons. The molecule has 0 unspecified atom stereocenters. The molecule has 0 amide bonds. The summed E-state index contributed by atoms with van der Waals surface area (Å²) in [4.78, 5) is 4.80. The number of hydrogen-bond acceptors (Lipinski definition) is 1. The van der Waals surface area contributed by atoms with Gasteiger partial charge in [-0.25, -0.2) is 0 Å². The molecule has 0 aliphatic carbocycles. The summed E-state index contributed by atoms with van der Waals surface area (Å²) in [6.45, 7) is 4.16. The lowest BCUT2D eigenvalue weighted by atomic mass is 10.2. The lowest BCUT2D eigenvalue weighted by Crippen LogP contribution is -1.93. The first-order chi connectivity index (χ1) is 5.24. The highest BCUT2D eigenvalue weighted by Crippen LogP contribution is 2.23. The first-order valence-corrected chi connectivity index (χ1v) is 4.73. The number of rotatable bonds is 2. The van der Waals surface area contributed by atoms with Gasteiger partial charge in [0.2, 0.25) is 0 Å². The second-order valence-corrected chi connectivity index (χ2v) is 3.68. The van der Waals surface area contributed by atoms with Crippen LogP contribution in [-0.2, 0) is 0 Å². The van der Waals surface area contributed by atoms with Crippen molar-refractivity contribution >= 4 is 15.9 Å². The zero-order valence-electron chi connectivity index (χ0n) is 6.84. The third-order valence-electron chi connectivity index (χ3n) is 1.59. The first kappa shape index (κ1) is 8.72. The van der Waals surface area contributed by atoms with Gasteiger partial charge in [-0.1, -0.05) is 28.9 Å². The summed E-state index contributed by atoms with van der Waals surface area (Å²) >= 11 is 3.56. The largest absolute Gasteiger partial charge is 0.257 e. The van der Waals surface area contributed by atoms with Gasteiger partial charge in [0, 0.05) is 5.69 Å². The standard InChI is InChI=1S/C9H12BrN/c1-3-8(10)9-6-4-5-7(2)11-9/h4-6,8H,3H2,1-2H3/t8-/m0/s1. The van der Waals surface area contributed by atoms with E-state index in [1.165, 1.54) is 0 Å². The Kier molecular flexibility index (Phi) is 3.06. The summed E-state index contributed by atoms with van der Waals surface area (Å²) in [6, 6.07) is 6.11. The fourth-order valence-electron chi connectivity index (χ4n) is 0.948. The van der Waals surface area contributed by atoms with Gasteiger partial charge in [-0.05, 0) is 25.5 Å². The lowest BCUT2D eigenvalue weighted by Gasteiger charge is -2.05. The molecule has 0 N–H and O–H groups in total. The van der Waals surface area contributed by atoms with Crippen molar-refractivity contribution in [2.45, 2.75) is 25.1 Å². The fourth-order valence-corrected chi connectivity index (χ4v) is 1.20. The summed E-state index contributed by atoms with van der Waals surface area (Å²) in [5, 5.41) is 0. The molecule has 0 saturated carbocycles. The fraction of sp³-hybridized carbons (Fsp3) is 0.444. The second-order valence-electron chi connectivity index (χ2n) is 2.58. The van der Waals surface area contributed by atoms with E-state index in [0.717, 1.165) is 17.8 Å². The zero-order chi connectivity index (χ0) is 8.27. The second kappa shape index (κ2) is 3.86. The summed E-state index contributed by atoms with van der Waals surface area (Å²) in [5.41, 5.74) is 2.22. The smallest absolute Gasteiger partial charge is 0.0565 e. The van der Waals surface area contributed by atoms with Crippen LogP contribution in [0.4, 0.5) is 0 Å². The number of hydrogen-bond donors (Lipinski definition) is 0. The van der Waals surface area contributed by atoms with Gasteiger partial charge in [0.25, 0.3) is 0 Å². The predicted molar refractivity (Wildman–Crippen MR) is 50.9 cm³/mol. The molecule has 0 aliphatic rings. The molecule has 0 fully saturated rings. The zero-order valence-corrected chi connectivity index (χ0v) is 8.43. The van der Waals surface area contributed by atoms with E-state index in [9.17, 15) is 0 Å². The Labute approximate surface area is 76.0 Å². The van der Waals surface area contributed by atoms with Crippen LogP contribution in [0.15, 0.2) is 18.2 Å². The van der Waals surface area contributed by atoms with Crippen LogP contribution in [0.1, 0.15) is 29.6 Å². The molecule has 1 aromatic rings. The van der Waals surface area contributed by atoms with Crippen molar-refractivity contribution in [3.63, 3.8) is 0 Å². The number of halogens is 1. The van der Waals surface area contributed by atoms with Crippen molar-refractivity contribution in [1.29, 1.82) is 0 Å². The molecule has 1 aromatic heterocycles. The number of aryl methyl sites for hydroxylation is 1. The third kappa shape index (κ3) is 2.29. The maximum atomic E-state index is 4.40. The van der Waals surface area contributed by atoms with E-state index in [0.29, 0.717) is 4.83 Å². The highest BCUT2D eigenvalue weighted by atomic mass is 79.9. The number of nitrogens with zero attached hydrogens (tertiary/aromatic N) is 1. The van der Waals surface area contributed by atoms with E-state index in [1.54, 1.807) is 0 Å². The van der Waals surface area contributed by atoms with E-state index in [4.69, 9.17) is 0 Å². The minimum absolute atomic E-state index is 0.405. The Morgan fingerprint density at radius 1 is 1.55 bits per heavy atom.